The van der Waals surface area contributed by atoms with E-state index in [1.165, 1.54) is 10.9 Å². The number of hydrogen-bond acceptors (Lipinski definition) is 3. The number of hydrogen-bond donors (Lipinski definition) is 2. The predicted molar refractivity (Wildman–Crippen MR) is 121 cm³/mol. The molecule has 1 aliphatic heterocycles. The summed E-state index contributed by atoms with van der Waals surface area (Å²) in [6.07, 6.45) is 4.37. The number of aromatic nitrogens is 2. The highest BCUT2D eigenvalue weighted by molar-refractivity contribution is 5.92. The molecule has 0 spiro atoms. The molecule has 1 atom stereocenters. The van der Waals surface area contributed by atoms with Gasteiger partial charge in [-0.05, 0) is 48.7 Å². The van der Waals surface area contributed by atoms with E-state index in [0.29, 0.717) is 24.6 Å². The molecule has 5 rings (SSSR count). The second kappa shape index (κ2) is 8.14. The van der Waals surface area contributed by atoms with Crippen LogP contribution in [0.4, 0.5) is 10.5 Å². The van der Waals surface area contributed by atoms with Gasteiger partial charge in [0.05, 0.1) is 12.3 Å². The second-order valence-electron chi connectivity index (χ2n) is 7.55. The number of fused-ring (bicyclic) bond motifs is 3. The van der Waals surface area contributed by atoms with Crippen molar-refractivity contribution >= 4 is 22.6 Å². The minimum absolute atomic E-state index is 0.162. The quantitative estimate of drug-likeness (QED) is 0.487. The average Bonchev–Trinajstić information content (AvgIpc) is 3.19. The van der Waals surface area contributed by atoms with Gasteiger partial charge in [0, 0.05) is 35.5 Å². The van der Waals surface area contributed by atoms with Gasteiger partial charge in [-0.2, -0.15) is 0 Å². The molecule has 2 aromatic heterocycles. The predicted octanol–water partition coefficient (Wildman–Crippen LogP) is 5.14. The standard InChI is InChI=1S/C25H24N4O2/c1-2-31-22-12-6-5-11-21(22)28-25(30)29-15-13-19-18-9-3-4-10-20(18)27-23(19)24(29)17-8-7-14-26-16-17/h3-12,14,16,24,27H,2,13,15H2,1H3,(H,28,30)/t24-/m0/s1. The first kappa shape index (κ1) is 19.2. The lowest BCUT2D eigenvalue weighted by molar-refractivity contribution is 0.193. The summed E-state index contributed by atoms with van der Waals surface area (Å²) in [6, 6.07) is 19.3. The molecule has 156 valence electrons. The molecule has 0 fully saturated rings. The smallest absolute Gasteiger partial charge is 0.322 e. The fourth-order valence-corrected chi connectivity index (χ4v) is 4.38. The van der Waals surface area contributed by atoms with Gasteiger partial charge >= 0.3 is 6.03 Å². The monoisotopic (exact) mass is 412 g/mol. The Morgan fingerprint density at radius 3 is 2.84 bits per heavy atom. The van der Waals surface area contributed by atoms with E-state index in [-0.39, 0.29) is 12.1 Å². The molecule has 0 radical (unpaired) electrons. The summed E-state index contributed by atoms with van der Waals surface area (Å²) < 4.78 is 5.68. The zero-order valence-electron chi connectivity index (χ0n) is 17.3. The van der Waals surface area contributed by atoms with Gasteiger partial charge in [0.25, 0.3) is 0 Å². The zero-order valence-corrected chi connectivity index (χ0v) is 17.3. The number of anilines is 1. The fourth-order valence-electron chi connectivity index (χ4n) is 4.38. The Bertz CT molecular complexity index is 1220. The third-order valence-corrected chi connectivity index (χ3v) is 5.72. The molecule has 4 aromatic rings. The van der Waals surface area contributed by atoms with Crippen LogP contribution in [0, 0.1) is 0 Å². The second-order valence-corrected chi connectivity index (χ2v) is 7.55. The largest absolute Gasteiger partial charge is 0.492 e. The number of pyridine rings is 1. The van der Waals surface area contributed by atoms with E-state index in [0.717, 1.165) is 23.2 Å². The molecular weight excluding hydrogens is 388 g/mol. The van der Waals surface area contributed by atoms with Crippen LogP contribution in [0.3, 0.4) is 0 Å². The third kappa shape index (κ3) is 3.50. The van der Waals surface area contributed by atoms with Crippen molar-refractivity contribution in [2.45, 2.75) is 19.4 Å². The van der Waals surface area contributed by atoms with Gasteiger partial charge in [-0.1, -0.05) is 36.4 Å². The molecule has 31 heavy (non-hydrogen) atoms. The maximum absolute atomic E-state index is 13.5. The highest BCUT2D eigenvalue weighted by atomic mass is 16.5. The topological polar surface area (TPSA) is 70.2 Å². The van der Waals surface area contributed by atoms with Gasteiger partial charge < -0.3 is 19.9 Å². The molecule has 1 aliphatic rings. The summed E-state index contributed by atoms with van der Waals surface area (Å²) in [5.41, 5.74) is 5.05. The third-order valence-electron chi connectivity index (χ3n) is 5.72. The number of aromatic amines is 1. The van der Waals surface area contributed by atoms with Gasteiger partial charge in [-0.3, -0.25) is 4.98 Å². The first-order valence-electron chi connectivity index (χ1n) is 10.5. The van der Waals surface area contributed by atoms with Gasteiger partial charge in [0.1, 0.15) is 11.8 Å². The minimum atomic E-state index is -0.246. The van der Waals surface area contributed by atoms with Crippen LogP contribution in [0.15, 0.2) is 73.1 Å². The highest BCUT2D eigenvalue weighted by Crippen LogP contribution is 2.38. The molecule has 2 aromatic carbocycles. The zero-order chi connectivity index (χ0) is 21.2. The van der Waals surface area contributed by atoms with Crippen LogP contribution in [0.25, 0.3) is 10.9 Å². The molecule has 3 heterocycles. The van der Waals surface area contributed by atoms with Crippen molar-refractivity contribution in [2.24, 2.45) is 0 Å². The first-order chi connectivity index (χ1) is 15.3. The number of rotatable bonds is 4. The van der Waals surface area contributed by atoms with Crippen molar-refractivity contribution in [1.29, 1.82) is 0 Å². The Morgan fingerprint density at radius 1 is 1.16 bits per heavy atom. The fraction of sp³-hybridized carbons (Fsp3) is 0.200. The van der Waals surface area contributed by atoms with Crippen molar-refractivity contribution in [1.82, 2.24) is 14.9 Å². The van der Waals surface area contributed by atoms with E-state index in [1.54, 1.807) is 6.20 Å². The Kier molecular flexibility index (Phi) is 5.04. The van der Waals surface area contributed by atoms with E-state index in [4.69, 9.17) is 4.74 Å². The number of ether oxygens (including phenoxy) is 1. The van der Waals surface area contributed by atoms with Crippen molar-refractivity contribution in [3.63, 3.8) is 0 Å². The van der Waals surface area contributed by atoms with E-state index in [9.17, 15) is 4.79 Å². The number of nitrogens with zero attached hydrogens (tertiary/aromatic N) is 2. The Morgan fingerprint density at radius 2 is 2.00 bits per heavy atom. The van der Waals surface area contributed by atoms with Gasteiger partial charge in [-0.25, -0.2) is 4.79 Å². The van der Waals surface area contributed by atoms with Crippen LogP contribution in [-0.2, 0) is 6.42 Å². The number of H-pyrrole nitrogens is 1. The minimum Gasteiger partial charge on any atom is -0.492 e. The first-order valence-corrected chi connectivity index (χ1v) is 10.5. The number of carbonyl (C=O) groups excluding carboxylic acids is 1. The molecule has 2 amide bonds. The number of amides is 2. The number of nitrogens with one attached hydrogen (secondary N) is 2. The summed E-state index contributed by atoms with van der Waals surface area (Å²) in [6.45, 7) is 3.07. The molecule has 6 heteroatoms. The molecule has 6 nitrogen and oxygen atoms in total. The lowest BCUT2D eigenvalue weighted by Gasteiger charge is -2.36. The van der Waals surface area contributed by atoms with Gasteiger partial charge in [-0.15, -0.1) is 0 Å². The normalized spacial score (nSPS) is 15.5. The SMILES string of the molecule is CCOc1ccccc1NC(=O)N1CCc2c([nH]c3ccccc23)[C@@H]1c1cccnc1. The number of carbonyl (C=O) groups is 1. The maximum atomic E-state index is 13.5. The summed E-state index contributed by atoms with van der Waals surface area (Å²) >= 11 is 0. The average molecular weight is 412 g/mol. The van der Waals surface area contributed by atoms with Crippen LogP contribution in [-0.4, -0.2) is 34.1 Å². The Labute approximate surface area is 180 Å². The lowest BCUT2D eigenvalue weighted by atomic mass is 9.93. The van der Waals surface area contributed by atoms with Crippen LogP contribution >= 0.6 is 0 Å². The van der Waals surface area contributed by atoms with Crippen molar-refractivity contribution in [2.75, 3.05) is 18.5 Å². The molecule has 2 N–H and O–H groups in total. The van der Waals surface area contributed by atoms with E-state index >= 15 is 0 Å². The van der Waals surface area contributed by atoms with Crippen LogP contribution in [0.1, 0.15) is 29.8 Å². The van der Waals surface area contributed by atoms with Crippen LogP contribution < -0.4 is 10.1 Å². The summed E-state index contributed by atoms with van der Waals surface area (Å²) in [4.78, 5) is 23.2. The molecule has 0 saturated carbocycles. The van der Waals surface area contributed by atoms with E-state index < -0.39 is 0 Å². The number of urea groups is 1. The summed E-state index contributed by atoms with van der Waals surface area (Å²) in [7, 11) is 0. The Hall–Kier alpha value is -3.80. The van der Waals surface area contributed by atoms with Gasteiger partial charge in [0.2, 0.25) is 0 Å². The molecule has 0 saturated heterocycles. The molecule has 0 aliphatic carbocycles. The molecular formula is C25H24N4O2. The highest BCUT2D eigenvalue weighted by Gasteiger charge is 2.35. The molecule has 0 unspecified atom stereocenters. The van der Waals surface area contributed by atoms with Crippen LogP contribution in [0.5, 0.6) is 5.75 Å². The van der Waals surface area contributed by atoms with Crippen molar-refractivity contribution in [3.05, 3.63) is 89.9 Å². The Balaban J connectivity index is 1.54. The van der Waals surface area contributed by atoms with Crippen molar-refractivity contribution in [3.8, 4) is 5.75 Å². The summed E-state index contributed by atoms with van der Waals surface area (Å²) in [5.74, 6) is 0.666. The lowest BCUT2D eigenvalue weighted by Crippen LogP contribution is -2.43. The maximum Gasteiger partial charge on any atom is 0.322 e. The number of benzene rings is 2. The van der Waals surface area contributed by atoms with Crippen molar-refractivity contribution < 1.29 is 9.53 Å². The van der Waals surface area contributed by atoms with E-state index in [1.807, 2.05) is 60.5 Å². The van der Waals surface area contributed by atoms with Gasteiger partial charge in [0.15, 0.2) is 0 Å². The number of para-hydroxylation sites is 3. The molecule has 0 bridgehead atoms. The van der Waals surface area contributed by atoms with E-state index in [2.05, 4.69) is 33.5 Å². The van der Waals surface area contributed by atoms with Crippen LogP contribution in [0.2, 0.25) is 0 Å². The summed E-state index contributed by atoms with van der Waals surface area (Å²) in [5, 5.41) is 4.27.